The fraction of sp³-hybridized carbons (Fsp3) is 0.276. The van der Waals surface area contributed by atoms with E-state index in [1.165, 1.54) is 26.2 Å². The Morgan fingerprint density at radius 2 is 1.50 bits per heavy atom. The molecule has 2 aromatic heterocycles. The van der Waals surface area contributed by atoms with E-state index in [0.29, 0.717) is 39.6 Å². The molecule has 0 bridgehead atoms. The van der Waals surface area contributed by atoms with E-state index in [2.05, 4.69) is 10.3 Å². The van der Waals surface area contributed by atoms with Crippen LogP contribution >= 0.6 is 11.3 Å². The molecule has 0 saturated heterocycles. The summed E-state index contributed by atoms with van der Waals surface area (Å²) in [6.45, 7) is 0. The number of ketones is 1. The molecule has 0 radical (unpaired) electrons. The number of hydrogen-bond donors (Lipinski definition) is 1. The standard InChI is InChI=1S/C29H28N2O6S/c1-34-22-11-16-9-10-30-27(18(16)12-23(22)35-2)28(32)19-13-24(36-3)25(37-4)14-21(19)31-29(33)20-15-38-26-8-6-5-7-17(20)26/h9-15H,5-8H2,1-4H3,(H,31,33). The Kier molecular flexibility index (Phi) is 7.20. The molecule has 5 rings (SSSR count). The number of nitrogens with one attached hydrogen (secondary N) is 1. The first-order chi connectivity index (χ1) is 18.5. The summed E-state index contributed by atoms with van der Waals surface area (Å²) < 4.78 is 21.8. The molecule has 2 heterocycles. The number of amides is 1. The average Bonchev–Trinajstić information content (AvgIpc) is 3.39. The lowest BCUT2D eigenvalue weighted by Crippen LogP contribution is -2.18. The third-order valence-corrected chi connectivity index (χ3v) is 7.89. The number of anilines is 1. The van der Waals surface area contributed by atoms with E-state index in [1.807, 2.05) is 5.38 Å². The van der Waals surface area contributed by atoms with Gasteiger partial charge in [0.25, 0.3) is 5.91 Å². The monoisotopic (exact) mass is 532 g/mol. The summed E-state index contributed by atoms with van der Waals surface area (Å²) in [5.41, 5.74) is 2.50. The number of aromatic nitrogens is 1. The van der Waals surface area contributed by atoms with E-state index in [-0.39, 0.29) is 22.9 Å². The Hall–Kier alpha value is -4.11. The van der Waals surface area contributed by atoms with Crippen molar-refractivity contribution in [3.05, 3.63) is 69.2 Å². The van der Waals surface area contributed by atoms with Crippen molar-refractivity contribution < 1.29 is 28.5 Å². The third-order valence-electron chi connectivity index (χ3n) is 6.81. The molecule has 9 heteroatoms. The maximum Gasteiger partial charge on any atom is 0.256 e. The molecule has 1 N–H and O–H groups in total. The van der Waals surface area contributed by atoms with E-state index in [9.17, 15) is 9.59 Å². The number of pyridine rings is 1. The van der Waals surface area contributed by atoms with Gasteiger partial charge < -0.3 is 24.3 Å². The molecule has 196 valence electrons. The smallest absolute Gasteiger partial charge is 0.256 e. The molecule has 0 fully saturated rings. The van der Waals surface area contributed by atoms with Gasteiger partial charge in [0, 0.05) is 27.9 Å². The van der Waals surface area contributed by atoms with Crippen LogP contribution in [0.5, 0.6) is 23.0 Å². The van der Waals surface area contributed by atoms with Gasteiger partial charge in [-0.2, -0.15) is 0 Å². The Morgan fingerprint density at radius 3 is 2.24 bits per heavy atom. The van der Waals surface area contributed by atoms with E-state index in [0.717, 1.165) is 36.6 Å². The molecule has 0 aliphatic heterocycles. The minimum Gasteiger partial charge on any atom is -0.493 e. The SMILES string of the molecule is COc1cc(NC(=O)c2csc3c2CCCC3)c(C(=O)c2nccc3cc(OC)c(OC)cc23)cc1OC. The highest BCUT2D eigenvalue weighted by Crippen LogP contribution is 2.38. The molecule has 8 nitrogen and oxygen atoms in total. The number of carbonyl (C=O) groups excluding carboxylic acids is 2. The number of carbonyl (C=O) groups is 2. The van der Waals surface area contributed by atoms with Gasteiger partial charge in [-0.1, -0.05) is 0 Å². The van der Waals surface area contributed by atoms with Gasteiger partial charge in [-0.15, -0.1) is 11.3 Å². The maximum absolute atomic E-state index is 14.0. The predicted octanol–water partition coefficient (Wildman–Crippen LogP) is 5.69. The molecule has 4 aromatic rings. The number of nitrogens with zero attached hydrogens (tertiary/aromatic N) is 1. The van der Waals surface area contributed by atoms with Crippen LogP contribution in [0.25, 0.3) is 10.8 Å². The summed E-state index contributed by atoms with van der Waals surface area (Å²) in [6.07, 6.45) is 5.64. The van der Waals surface area contributed by atoms with Crippen molar-refractivity contribution in [1.29, 1.82) is 0 Å². The third kappa shape index (κ3) is 4.54. The first-order valence-corrected chi connectivity index (χ1v) is 13.1. The van der Waals surface area contributed by atoms with Gasteiger partial charge >= 0.3 is 0 Å². The maximum atomic E-state index is 14.0. The van der Waals surface area contributed by atoms with Crippen molar-refractivity contribution in [1.82, 2.24) is 4.98 Å². The van der Waals surface area contributed by atoms with Crippen molar-refractivity contribution in [2.45, 2.75) is 25.7 Å². The first kappa shape index (κ1) is 25.5. The van der Waals surface area contributed by atoms with E-state index >= 15 is 0 Å². The van der Waals surface area contributed by atoms with Crippen LogP contribution in [-0.4, -0.2) is 45.1 Å². The molecule has 1 amide bonds. The van der Waals surface area contributed by atoms with E-state index < -0.39 is 0 Å². The van der Waals surface area contributed by atoms with Crippen LogP contribution in [0.4, 0.5) is 5.69 Å². The summed E-state index contributed by atoms with van der Waals surface area (Å²) >= 11 is 1.62. The van der Waals surface area contributed by atoms with Crippen molar-refractivity contribution in [2.75, 3.05) is 33.8 Å². The van der Waals surface area contributed by atoms with Crippen LogP contribution in [-0.2, 0) is 12.8 Å². The zero-order valence-corrected chi connectivity index (χ0v) is 22.5. The quantitative estimate of drug-likeness (QED) is 0.291. The van der Waals surface area contributed by atoms with Crippen LogP contribution in [0.15, 0.2) is 41.9 Å². The average molecular weight is 533 g/mol. The molecule has 38 heavy (non-hydrogen) atoms. The number of thiophene rings is 1. The normalized spacial score (nSPS) is 12.5. The zero-order valence-electron chi connectivity index (χ0n) is 21.7. The van der Waals surface area contributed by atoms with Crippen LogP contribution in [0.3, 0.4) is 0 Å². The fourth-order valence-electron chi connectivity index (χ4n) is 4.85. The van der Waals surface area contributed by atoms with E-state index in [1.54, 1.807) is 55.0 Å². The van der Waals surface area contributed by atoms with Gasteiger partial charge in [0.05, 0.1) is 45.3 Å². The molecular weight excluding hydrogens is 504 g/mol. The van der Waals surface area contributed by atoms with Crippen molar-refractivity contribution >= 4 is 39.5 Å². The molecule has 0 saturated carbocycles. The number of methoxy groups -OCH3 is 4. The molecule has 0 unspecified atom stereocenters. The highest BCUT2D eigenvalue weighted by Gasteiger charge is 2.25. The lowest BCUT2D eigenvalue weighted by Gasteiger charge is -2.17. The first-order valence-electron chi connectivity index (χ1n) is 12.2. The molecular formula is C29H28N2O6S. The molecule has 0 spiro atoms. The zero-order chi connectivity index (χ0) is 26.8. The summed E-state index contributed by atoms with van der Waals surface area (Å²) in [4.78, 5) is 33.1. The van der Waals surface area contributed by atoms with E-state index in [4.69, 9.17) is 18.9 Å². The Balaban J connectivity index is 1.61. The lowest BCUT2D eigenvalue weighted by molar-refractivity contribution is 0.102. The number of rotatable bonds is 8. The number of benzene rings is 2. The second kappa shape index (κ2) is 10.7. The second-order valence-corrected chi connectivity index (χ2v) is 9.85. The highest BCUT2D eigenvalue weighted by molar-refractivity contribution is 7.10. The second-order valence-electron chi connectivity index (χ2n) is 8.88. The molecule has 2 aromatic carbocycles. The summed E-state index contributed by atoms with van der Waals surface area (Å²) in [5.74, 6) is 1.13. The van der Waals surface area contributed by atoms with Crippen molar-refractivity contribution in [2.24, 2.45) is 0 Å². The molecule has 0 atom stereocenters. The summed E-state index contributed by atoms with van der Waals surface area (Å²) in [7, 11) is 6.09. The Labute approximate surface area is 224 Å². The minimum absolute atomic E-state index is 0.207. The predicted molar refractivity (Wildman–Crippen MR) is 147 cm³/mol. The van der Waals surface area contributed by atoms with Gasteiger partial charge in [-0.3, -0.25) is 14.6 Å². The minimum atomic E-state index is -0.383. The lowest BCUT2D eigenvalue weighted by atomic mass is 9.95. The fourth-order valence-corrected chi connectivity index (χ4v) is 5.98. The van der Waals surface area contributed by atoms with Crippen LogP contribution in [0.1, 0.15) is 49.7 Å². The van der Waals surface area contributed by atoms with Crippen LogP contribution < -0.4 is 24.3 Å². The number of aryl methyl sites for hydroxylation is 1. The number of ether oxygens (including phenoxy) is 4. The van der Waals surface area contributed by atoms with Gasteiger partial charge in [0.15, 0.2) is 23.0 Å². The highest BCUT2D eigenvalue weighted by atomic mass is 32.1. The number of hydrogen-bond acceptors (Lipinski definition) is 8. The van der Waals surface area contributed by atoms with Crippen molar-refractivity contribution in [3.63, 3.8) is 0 Å². The van der Waals surface area contributed by atoms with Crippen molar-refractivity contribution in [3.8, 4) is 23.0 Å². The number of fused-ring (bicyclic) bond motifs is 2. The van der Waals surface area contributed by atoms with Gasteiger partial charge in [0.1, 0.15) is 5.69 Å². The van der Waals surface area contributed by atoms with Crippen LogP contribution in [0.2, 0.25) is 0 Å². The van der Waals surface area contributed by atoms with Gasteiger partial charge in [0.2, 0.25) is 5.78 Å². The Bertz CT molecular complexity index is 1540. The molecule has 1 aliphatic rings. The van der Waals surface area contributed by atoms with Crippen LogP contribution in [0, 0.1) is 0 Å². The van der Waals surface area contributed by atoms with Gasteiger partial charge in [-0.25, -0.2) is 0 Å². The largest absolute Gasteiger partial charge is 0.493 e. The topological polar surface area (TPSA) is 96.0 Å². The molecule has 1 aliphatic carbocycles. The summed E-state index contributed by atoms with van der Waals surface area (Å²) in [6, 6.07) is 8.50. The Morgan fingerprint density at radius 1 is 0.842 bits per heavy atom. The summed E-state index contributed by atoms with van der Waals surface area (Å²) in [5, 5.41) is 6.22. The van der Waals surface area contributed by atoms with Gasteiger partial charge in [-0.05, 0) is 60.9 Å².